The van der Waals surface area contributed by atoms with Crippen LogP contribution in [0.1, 0.15) is 29.4 Å². The van der Waals surface area contributed by atoms with Crippen molar-refractivity contribution in [3.05, 3.63) is 59.7 Å². The minimum absolute atomic E-state index is 0. The lowest BCUT2D eigenvalue weighted by Crippen LogP contribution is -2.31. The first-order valence-corrected chi connectivity index (χ1v) is 10.2. The molecule has 2 aromatic rings. The lowest BCUT2D eigenvalue weighted by Gasteiger charge is -2.19. The fourth-order valence-corrected chi connectivity index (χ4v) is 4.73. The van der Waals surface area contributed by atoms with Gasteiger partial charge in [0.15, 0.2) is 11.5 Å². The van der Waals surface area contributed by atoms with Crippen LogP contribution in [0.25, 0.3) is 0 Å². The monoisotopic (exact) mass is 414 g/mol. The molecule has 2 N–H and O–H groups in total. The number of ether oxygens (including phenoxy) is 2. The zero-order valence-electron chi connectivity index (χ0n) is 16.3. The molecule has 4 atom stereocenters. The van der Waals surface area contributed by atoms with E-state index in [1.807, 2.05) is 23.1 Å². The molecule has 2 aromatic carbocycles. The summed E-state index contributed by atoms with van der Waals surface area (Å²) in [6.07, 6.45) is 0.915. The summed E-state index contributed by atoms with van der Waals surface area (Å²) in [6.45, 7) is 3.32. The second-order valence-electron chi connectivity index (χ2n) is 8.11. The van der Waals surface area contributed by atoms with Crippen LogP contribution < -0.4 is 15.2 Å². The van der Waals surface area contributed by atoms with Crippen molar-refractivity contribution >= 4 is 18.3 Å². The van der Waals surface area contributed by atoms with E-state index >= 15 is 0 Å². The number of carbonyl (C=O) groups excluding carboxylic acids is 1. The standard InChI is InChI=1S/C23H26N2O3.ClH/c24-12-17-13-25(14-20(17)15-4-2-1-3-5-15)23(26)19-11-18(19)16-6-7-21-22(10-16)28-9-8-27-21;/h1-7,10,17-20H,8-9,11-14,24H2;1H/t17-,18?,19?,20+;/m1./s1. The third kappa shape index (κ3) is 3.81. The molecule has 0 bridgehead atoms. The number of hydrogen-bond acceptors (Lipinski definition) is 4. The second-order valence-corrected chi connectivity index (χ2v) is 8.11. The maximum absolute atomic E-state index is 13.1. The van der Waals surface area contributed by atoms with Crippen LogP contribution in [0.4, 0.5) is 0 Å². The molecule has 2 heterocycles. The van der Waals surface area contributed by atoms with E-state index in [1.54, 1.807) is 0 Å². The Kier molecular flexibility index (Phi) is 5.70. The molecule has 1 amide bonds. The van der Waals surface area contributed by atoms with Crippen LogP contribution in [-0.4, -0.2) is 43.7 Å². The first kappa shape index (κ1) is 20.0. The lowest BCUT2D eigenvalue weighted by atomic mass is 9.89. The Morgan fingerprint density at radius 1 is 0.966 bits per heavy atom. The predicted octanol–water partition coefficient (Wildman–Crippen LogP) is 3.18. The fraction of sp³-hybridized carbons (Fsp3) is 0.435. The minimum atomic E-state index is 0. The molecule has 0 spiro atoms. The summed E-state index contributed by atoms with van der Waals surface area (Å²) >= 11 is 0. The van der Waals surface area contributed by atoms with E-state index in [-0.39, 0.29) is 30.2 Å². The first-order chi connectivity index (χ1) is 13.7. The highest BCUT2D eigenvalue weighted by Gasteiger charge is 2.48. The average molecular weight is 415 g/mol. The Morgan fingerprint density at radius 3 is 2.48 bits per heavy atom. The smallest absolute Gasteiger partial charge is 0.226 e. The van der Waals surface area contributed by atoms with Gasteiger partial charge in [0, 0.05) is 24.9 Å². The van der Waals surface area contributed by atoms with Gasteiger partial charge in [-0.2, -0.15) is 0 Å². The molecular formula is C23H27ClN2O3. The molecule has 6 heteroatoms. The Bertz CT molecular complexity index is 876. The molecular weight excluding hydrogens is 388 g/mol. The summed E-state index contributed by atoms with van der Waals surface area (Å²) < 4.78 is 11.3. The van der Waals surface area contributed by atoms with Crippen LogP contribution in [0, 0.1) is 11.8 Å². The quantitative estimate of drug-likeness (QED) is 0.834. The highest BCUT2D eigenvalue weighted by molar-refractivity contribution is 5.85. The molecule has 2 fully saturated rings. The van der Waals surface area contributed by atoms with Gasteiger partial charge in [-0.05, 0) is 48.1 Å². The van der Waals surface area contributed by atoms with Crippen LogP contribution in [0.5, 0.6) is 11.5 Å². The molecule has 154 valence electrons. The summed E-state index contributed by atoms with van der Waals surface area (Å²) in [5.74, 6) is 2.91. The van der Waals surface area contributed by atoms with Crippen molar-refractivity contribution in [2.24, 2.45) is 17.6 Å². The van der Waals surface area contributed by atoms with Gasteiger partial charge < -0.3 is 20.1 Å². The molecule has 1 saturated heterocycles. The number of amides is 1. The highest BCUT2D eigenvalue weighted by atomic mass is 35.5. The van der Waals surface area contributed by atoms with Crippen LogP contribution >= 0.6 is 12.4 Å². The van der Waals surface area contributed by atoms with Gasteiger partial charge in [0.1, 0.15) is 13.2 Å². The van der Waals surface area contributed by atoms with E-state index < -0.39 is 0 Å². The van der Waals surface area contributed by atoms with Crippen molar-refractivity contribution in [2.75, 3.05) is 32.8 Å². The summed E-state index contributed by atoms with van der Waals surface area (Å²) in [6, 6.07) is 16.5. The Balaban J connectivity index is 0.00000205. The van der Waals surface area contributed by atoms with Gasteiger partial charge in [0.25, 0.3) is 0 Å². The Hall–Kier alpha value is -2.24. The van der Waals surface area contributed by atoms with Crippen LogP contribution in [0.3, 0.4) is 0 Å². The molecule has 0 aromatic heterocycles. The van der Waals surface area contributed by atoms with Gasteiger partial charge in [-0.25, -0.2) is 0 Å². The number of fused-ring (bicyclic) bond motifs is 1. The summed E-state index contributed by atoms with van der Waals surface area (Å²) in [5.41, 5.74) is 8.50. The average Bonchev–Trinajstić information content (AvgIpc) is 3.44. The lowest BCUT2D eigenvalue weighted by molar-refractivity contribution is -0.131. The zero-order chi connectivity index (χ0) is 19.1. The molecule has 5 rings (SSSR count). The summed E-state index contributed by atoms with van der Waals surface area (Å²) in [7, 11) is 0. The molecule has 5 nitrogen and oxygen atoms in total. The maximum atomic E-state index is 13.1. The number of halogens is 1. The number of benzene rings is 2. The van der Waals surface area contributed by atoms with Gasteiger partial charge in [-0.3, -0.25) is 4.79 Å². The van der Waals surface area contributed by atoms with E-state index in [0.29, 0.717) is 31.6 Å². The van der Waals surface area contributed by atoms with E-state index in [0.717, 1.165) is 31.0 Å². The van der Waals surface area contributed by atoms with Crippen molar-refractivity contribution in [1.82, 2.24) is 4.90 Å². The predicted molar refractivity (Wildman–Crippen MR) is 114 cm³/mol. The van der Waals surface area contributed by atoms with Crippen molar-refractivity contribution < 1.29 is 14.3 Å². The molecule has 3 aliphatic rings. The third-order valence-electron chi connectivity index (χ3n) is 6.39. The molecule has 29 heavy (non-hydrogen) atoms. The number of carbonyl (C=O) groups is 1. The fourth-order valence-electron chi connectivity index (χ4n) is 4.73. The van der Waals surface area contributed by atoms with Crippen molar-refractivity contribution in [3.8, 4) is 11.5 Å². The second kappa shape index (κ2) is 8.25. The van der Waals surface area contributed by atoms with Crippen LogP contribution in [0.2, 0.25) is 0 Å². The molecule has 2 unspecified atom stereocenters. The van der Waals surface area contributed by atoms with E-state index in [4.69, 9.17) is 15.2 Å². The summed E-state index contributed by atoms with van der Waals surface area (Å²) in [4.78, 5) is 15.2. The maximum Gasteiger partial charge on any atom is 0.226 e. The normalized spacial score (nSPS) is 27.3. The Morgan fingerprint density at radius 2 is 1.72 bits per heavy atom. The van der Waals surface area contributed by atoms with Gasteiger partial charge in [0.2, 0.25) is 5.91 Å². The van der Waals surface area contributed by atoms with Gasteiger partial charge in [-0.1, -0.05) is 36.4 Å². The molecule has 1 saturated carbocycles. The van der Waals surface area contributed by atoms with Gasteiger partial charge in [-0.15, -0.1) is 12.4 Å². The number of nitrogens with two attached hydrogens (primary N) is 1. The van der Waals surface area contributed by atoms with Crippen molar-refractivity contribution in [2.45, 2.75) is 18.3 Å². The third-order valence-corrected chi connectivity index (χ3v) is 6.39. The SMILES string of the molecule is Cl.NC[C@@H]1CN(C(=O)C2CC2c2ccc3c(c2)OCCO3)C[C@H]1c1ccccc1. The van der Waals surface area contributed by atoms with Gasteiger partial charge in [0.05, 0.1) is 0 Å². The number of likely N-dealkylation sites (tertiary alicyclic amines) is 1. The number of nitrogens with zero attached hydrogens (tertiary/aromatic N) is 1. The zero-order valence-corrected chi connectivity index (χ0v) is 17.1. The number of rotatable bonds is 4. The Labute approximate surface area is 177 Å². The first-order valence-electron chi connectivity index (χ1n) is 10.2. The van der Waals surface area contributed by atoms with Crippen LogP contribution in [0.15, 0.2) is 48.5 Å². The van der Waals surface area contributed by atoms with Crippen molar-refractivity contribution in [3.63, 3.8) is 0 Å². The number of hydrogen-bond donors (Lipinski definition) is 1. The van der Waals surface area contributed by atoms with E-state index in [1.165, 1.54) is 11.1 Å². The van der Waals surface area contributed by atoms with E-state index in [9.17, 15) is 4.79 Å². The van der Waals surface area contributed by atoms with Crippen LogP contribution in [-0.2, 0) is 4.79 Å². The summed E-state index contributed by atoms with van der Waals surface area (Å²) in [5, 5.41) is 0. The minimum Gasteiger partial charge on any atom is -0.486 e. The molecule has 1 aliphatic carbocycles. The highest BCUT2D eigenvalue weighted by Crippen LogP contribution is 2.51. The van der Waals surface area contributed by atoms with E-state index in [2.05, 4.69) is 30.3 Å². The molecule has 2 aliphatic heterocycles. The largest absolute Gasteiger partial charge is 0.486 e. The van der Waals surface area contributed by atoms with Gasteiger partial charge >= 0.3 is 0 Å². The topological polar surface area (TPSA) is 64.8 Å². The van der Waals surface area contributed by atoms with Crippen molar-refractivity contribution in [1.29, 1.82) is 0 Å². The molecule has 0 radical (unpaired) electrons.